The molecule has 38 heavy (non-hydrogen) atoms. The number of hydrogen-bond donors (Lipinski definition) is 0. The number of hydrogen-bond acceptors (Lipinski definition) is 6. The molecule has 0 atom stereocenters. The molecule has 0 radical (unpaired) electrons. The van der Waals surface area contributed by atoms with Gasteiger partial charge in [-0.1, -0.05) is 53.8 Å². The molecule has 0 saturated carbocycles. The lowest BCUT2D eigenvalue weighted by Gasteiger charge is -2.04. The molecule has 3 aromatic heterocycles. The number of aromatic nitrogens is 5. The van der Waals surface area contributed by atoms with E-state index in [9.17, 15) is 4.79 Å². The fourth-order valence-electron chi connectivity index (χ4n) is 3.99. The van der Waals surface area contributed by atoms with Gasteiger partial charge in [0, 0.05) is 27.9 Å². The summed E-state index contributed by atoms with van der Waals surface area (Å²) in [6, 6.07) is 24.7. The van der Waals surface area contributed by atoms with Crippen LogP contribution in [0.25, 0.3) is 39.4 Å². The lowest BCUT2D eigenvalue weighted by atomic mass is 10.1. The Morgan fingerprint density at radius 1 is 0.947 bits per heavy atom. The maximum absolute atomic E-state index is 13.3. The van der Waals surface area contributed by atoms with Crippen LogP contribution in [0, 0.1) is 0 Å². The van der Waals surface area contributed by atoms with Crippen LogP contribution < -0.4 is 14.8 Å². The maximum atomic E-state index is 13.3. The van der Waals surface area contributed by atoms with Crippen molar-refractivity contribution in [3.8, 4) is 34.1 Å². The lowest BCUT2D eigenvalue weighted by Crippen LogP contribution is -2.23. The van der Waals surface area contributed by atoms with Crippen LogP contribution >= 0.6 is 22.9 Å². The van der Waals surface area contributed by atoms with Gasteiger partial charge >= 0.3 is 0 Å². The first kappa shape index (κ1) is 23.8. The lowest BCUT2D eigenvalue weighted by molar-refractivity contribution is 0.363. The van der Waals surface area contributed by atoms with Crippen LogP contribution in [0.2, 0.25) is 5.02 Å². The summed E-state index contributed by atoms with van der Waals surface area (Å²) in [6.45, 7) is 4.12. The quantitative estimate of drug-likeness (QED) is 0.254. The molecule has 0 N–H and O–H groups in total. The number of rotatable bonds is 7. The van der Waals surface area contributed by atoms with Crippen molar-refractivity contribution in [1.82, 2.24) is 24.4 Å². The van der Waals surface area contributed by atoms with Crippen molar-refractivity contribution in [1.29, 1.82) is 0 Å². The Morgan fingerprint density at radius 2 is 1.68 bits per heavy atom. The molecule has 0 spiro atoms. The standard InChI is InChI=1S/C29H20ClN5O2S/c1-2-16-37-24-14-10-19(11-15-24)26-21(18-34(32-26)23-6-4-3-5-7-23)17-25-28(36)35-29(38-25)31-27(33-35)20-8-12-22(30)13-9-20/h2-15,17-18H,1,16H2/b25-17-. The molecule has 0 saturated heterocycles. The average molecular weight is 538 g/mol. The van der Waals surface area contributed by atoms with Gasteiger partial charge in [-0.2, -0.15) is 14.6 Å². The second-order valence-electron chi connectivity index (χ2n) is 8.39. The molecule has 0 bridgehead atoms. The Balaban J connectivity index is 1.44. The van der Waals surface area contributed by atoms with E-state index >= 15 is 0 Å². The highest BCUT2D eigenvalue weighted by Crippen LogP contribution is 2.27. The Labute approximate surface area is 226 Å². The highest BCUT2D eigenvalue weighted by atomic mass is 35.5. The molecule has 9 heteroatoms. The summed E-state index contributed by atoms with van der Waals surface area (Å²) in [4.78, 5) is 18.4. The molecule has 0 unspecified atom stereocenters. The first-order valence-corrected chi connectivity index (χ1v) is 12.9. The van der Waals surface area contributed by atoms with Gasteiger partial charge in [0.2, 0.25) is 4.96 Å². The van der Waals surface area contributed by atoms with E-state index in [2.05, 4.69) is 16.7 Å². The minimum Gasteiger partial charge on any atom is -0.490 e. The van der Waals surface area contributed by atoms with Gasteiger partial charge in [-0.3, -0.25) is 4.79 Å². The zero-order valence-electron chi connectivity index (χ0n) is 20.0. The SMILES string of the molecule is C=CCOc1ccc(-c2nn(-c3ccccc3)cc2/C=c2\sc3nc(-c4ccc(Cl)cc4)nn3c2=O)cc1. The second-order valence-corrected chi connectivity index (χ2v) is 9.84. The first-order valence-electron chi connectivity index (χ1n) is 11.8. The number of fused-ring (bicyclic) bond motifs is 1. The molecular formula is C29H20ClN5O2S. The third kappa shape index (κ3) is 4.63. The average Bonchev–Trinajstić information content (AvgIpc) is 3.64. The summed E-state index contributed by atoms with van der Waals surface area (Å²) in [6.07, 6.45) is 5.46. The Kier molecular flexibility index (Phi) is 6.33. The van der Waals surface area contributed by atoms with Crippen molar-refractivity contribution in [3.63, 3.8) is 0 Å². The number of ether oxygens (including phenoxy) is 1. The van der Waals surface area contributed by atoms with E-state index in [0.717, 1.165) is 33.8 Å². The fraction of sp³-hybridized carbons (Fsp3) is 0.0345. The summed E-state index contributed by atoms with van der Waals surface area (Å²) in [5, 5.41) is 9.92. The Hall–Kier alpha value is -4.53. The highest BCUT2D eigenvalue weighted by Gasteiger charge is 2.15. The smallest absolute Gasteiger partial charge is 0.291 e. The molecule has 3 aromatic carbocycles. The van der Waals surface area contributed by atoms with Crippen LogP contribution in [0.1, 0.15) is 5.56 Å². The predicted molar refractivity (Wildman–Crippen MR) is 151 cm³/mol. The molecule has 0 fully saturated rings. The number of para-hydroxylation sites is 1. The zero-order valence-corrected chi connectivity index (χ0v) is 21.6. The van der Waals surface area contributed by atoms with Crippen LogP contribution in [0.4, 0.5) is 0 Å². The van der Waals surface area contributed by atoms with Gasteiger partial charge in [-0.15, -0.1) is 5.10 Å². The van der Waals surface area contributed by atoms with Crippen LogP contribution in [-0.4, -0.2) is 31.0 Å². The number of nitrogens with zero attached hydrogens (tertiary/aromatic N) is 5. The molecule has 0 aliphatic heterocycles. The number of thiazole rings is 1. The molecule has 6 rings (SSSR count). The summed E-state index contributed by atoms with van der Waals surface area (Å²) >= 11 is 7.28. The molecule has 0 aliphatic carbocycles. The monoisotopic (exact) mass is 537 g/mol. The Bertz CT molecular complexity index is 1860. The minimum atomic E-state index is -0.232. The van der Waals surface area contributed by atoms with E-state index in [1.165, 1.54) is 15.9 Å². The summed E-state index contributed by atoms with van der Waals surface area (Å²) < 4.78 is 9.29. The van der Waals surface area contributed by atoms with E-state index < -0.39 is 0 Å². The van der Waals surface area contributed by atoms with Gasteiger partial charge in [0.25, 0.3) is 5.56 Å². The zero-order chi connectivity index (χ0) is 26.1. The third-order valence-electron chi connectivity index (χ3n) is 5.83. The van der Waals surface area contributed by atoms with E-state index in [-0.39, 0.29) is 5.56 Å². The third-order valence-corrected chi connectivity index (χ3v) is 7.04. The van der Waals surface area contributed by atoms with Crippen molar-refractivity contribution in [2.75, 3.05) is 6.61 Å². The van der Waals surface area contributed by atoms with E-state index in [4.69, 9.17) is 21.4 Å². The van der Waals surface area contributed by atoms with E-state index in [0.29, 0.717) is 26.9 Å². The number of benzene rings is 3. The highest BCUT2D eigenvalue weighted by molar-refractivity contribution is 7.15. The topological polar surface area (TPSA) is 74.3 Å². The van der Waals surface area contributed by atoms with Crippen LogP contribution in [0.5, 0.6) is 5.75 Å². The van der Waals surface area contributed by atoms with Gasteiger partial charge in [0.15, 0.2) is 5.82 Å². The van der Waals surface area contributed by atoms with Crippen molar-refractivity contribution in [2.45, 2.75) is 0 Å². The summed E-state index contributed by atoms with van der Waals surface area (Å²) in [5.74, 6) is 1.22. The first-order chi connectivity index (χ1) is 18.6. The summed E-state index contributed by atoms with van der Waals surface area (Å²) in [7, 11) is 0. The van der Waals surface area contributed by atoms with Crippen LogP contribution in [0.3, 0.4) is 0 Å². The fourth-order valence-corrected chi connectivity index (χ4v) is 5.02. The summed E-state index contributed by atoms with van der Waals surface area (Å²) in [5.41, 5.74) is 3.91. The largest absolute Gasteiger partial charge is 0.490 e. The Morgan fingerprint density at radius 3 is 2.39 bits per heavy atom. The second kappa shape index (κ2) is 10.1. The normalized spacial score (nSPS) is 11.8. The van der Waals surface area contributed by atoms with Gasteiger partial charge in [0.1, 0.15) is 18.1 Å². The van der Waals surface area contributed by atoms with Gasteiger partial charge in [-0.05, 0) is 66.7 Å². The molecule has 186 valence electrons. The van der Waals surface area contributed by atoms with Crippen molar-refractivity contribution in [2.24, 2.45) is 0 Å². The molecule has 3 heterocycles. The van der Waals surface area contributed by atoms with Gasteiger partial charge in [-0.25, -0.2) is 4.68 Å². The van der Waals surface area contributed by atoms with Crippen molar-refractivity contribution < 1.29 is 4.74 Å². The van der Waals surface area contributed by atoms with Gasteiger partial charge < -0.3 is 4.74 Å². The minimum absolute atomic E-state index is 0.232. The predicted octanol–water partition coefficient (Wildman–Crippen LogP) is 5.44. The maximum Gasteiger partial charge on any atom is 0.291 e. The molecule has 7 nitrogen and oxygen atoms in total. The van der Waals surface area contributed by atoms with Crippen LogP contribution in [-0.2, 0) is 0 Å². The van der Waals surface area contributed by atoms with E-state index in [1.807, 2.05) is 83.7 Å². The van der Waals surface area contributed by atoms with Crippen LogP contribution in [0.15, 0.2) is 103 Å². The molecule has 0 amide bonds. The van der Waals surface area contributed by atoms with E-state index in [1.54, 1.807) is 18.2 Å². The molecule has 6 aromatic rings. The van der Waals surface area contributed by atoms with Crippen molar-refractivity contribution >= 4 is 34.0 Å². The number of halogens is 1. The van der Waals surface area contributed by atoms with Gasteiger partial charge in [0.05, 0.1) is 10.2 Å². The molecular weight excluding hydrogens is 518 g/mol. The van der Waals surface area contributed by atoms with Crippen molar-refractivity contribution in [3.05, 3.63) is 123 Å². The molecule has 0 aliphatic rings.